The monoisotopic (exact) mass is 182 g/mol. The molecule has 2 N–H and O–H groups in total. The topological polar surface area (TPSA) is 71.5 Å². The SMILES string of the molecule is O=C(Nc1ccncc1)OCCO. The summed E-state index contributed by atoms with van der Waals surface area (Å²) in [6.07, 6.45) is 2.53. The second-order valence-corrected chi connectivity index (χ2v) is 2.22. The molecule has 0 unspecified atom stereocenters. The summed E-state index contributed by atoms with van der Waals surface area (Å²) in [7, 11) is 0. The summed E-state index contributed by atoms with van der Waals surface area (Å²) in [5, 5.41) is 10.8. The molecule has 0 fully saturated rings. The van der Waals surface area contributed by atoms with Crippen molar-refractivity contribution in [2.45, 2.75) is 0 Å². The fourth-order valence-electron chi connectivity index (χ4n) is 0.728. The Balaban J connectivity index is 2.37. The summed E-state index contributed by atoms with van der Waals surface area (Å²) in [6, 6.07) is 3.28. The predicted octanol–water partition coefficient (Wildman–Crippen LogP) is 0.622. The highest BCUT2D eigenvalue weighted by Crippen LogP contribution is 2.03. The van der Waals surface area contributed by atoms with Crippen LogP contribution in [0.5, 0.6) is 0 Å². The highest BCUT2D eigenvalue weighted by Gasteiger charge is 2.00. The molecule has 0 aliphatic carbocycles. The van der Waals surface area contributed by atoms with E-state index in [9.17, 15) is 4.79 Å². The fraction of sp³-hybridized carbons (Fsp3) is 0.250. The zero-order valence-corrected chi connectivity index (χ0v) is 6.93. The highest BCUT2D eigenvalue weighted by molar-refractivity contribution is 5.84. The van der Waals surface area contributed by atoms with Crippen molar-refractivity contribution >= 4 is 11.8 Å². The standard InChI is InChI=1S/C8H10N2O3/c11-5-6-13-8(12)10-7-1-3-9-4-2-7/h1-4,11H,5-6H2,(H,9,10,12). The van der Waals surface area contributed by atoms with E-state index in [1.54, 1.807) is 24.5 Å². The van der Waals surface area contributed by atoms with E-state index in [1.165, 1.54) is 0 Å². The summed E-state index contributed by atoms with van der Waals surface area (Å²) in [5.74, 6) is 0. The van der Waals surface area contributed by atoms with E-state index >= 15 is 0 Å². The Morgan fingerprint density at radius 3 is 2.85 bits per heavy atom. The first-order chi connectivity index (χ1) is 6.33. The molecule has 5 heteroatoms. The number of amides is 1. The molecule has 1 rings (SSSR count). The van der Waals surface area contributed by atoms with E-state index in [0.717, 1.165) is 0 Å². The van der Waals surface area contributed by atoms with Crippen molar-refractivity contribution in [3.8, 4) is 0 Å². The lowest BCUT2D eigenvalue weighted by Crippen LogP contribution is -2.15. The lowest BCUT2D eigenvalue weighted by Gasteiger charge is -2.04. The Bertz CT molecular complexity index is 263. The number of rotatable bonds is 3. The zero-order chi connectivity index (χ0) is 9.52. The molecule has 5 nitrogen and oxygen atoms in total. The normalized spacial score (nSPS) is 9.31. The number of nitrogens with zero attached hydrogens (tertiary/aromatic N) is 1. The molecule has 0 radical (unpaired) electrons. The van der Waals surface area contributed by atoms with Gasteiger partial charge in [-0.1, -0.05) is 0 Å². The second kappa shape index (κ2) is 5.10. The summed E-state index contributed by atoms with van der Waals surface area (Å²) in [6.45, 7) is -0.180. The molecule has 1 amide bonds. The van der Waals surface area contributed by atoms with Crippen LogP contribution in [0.1, 0.15) is 0 Å². The smallest absolute Gasteiger partial charge is 0.411 e. The molecule has 0 atom stereocenters. The van der Waals surface area contributed by atoms with Gasteiger partial charge in [-0.2, -0.15) is 0 Å². The minimum atomic E-state index is -0.583. The van der Waals surface area contributed by atoms with Gasteiger partial charge in [0.05, 0.1) is 6.61 Å². The van der Waals surface area contributed by atoms with Crippen molar-refractivity contribution in [2.24, 2.45) is 0 Å². The predicted molar refractivity (Wildman–Crippen MR) is 46.3 cm³/mol. The summed E-state index contributed by atoms with van der Waals surface area (Å²) < 4.78 is 4.57. The molecule has 0 bridgehead atoms. The van der Waals surface area contributed by atoms with Crippen molar-refractivity contribution in [1.82, 2.24) is 4.98 Å². The van der Waals surface area contributed by atoms with E-state index in [1.807, 2.05) is 0 Å². The second-order valence-electron chi connectivity index (χ2n) is 2.22. The molecular weight excluding hydrogens is 172 g/mol. The van der Waals surface area contributed by atoms with Crippen LogP contribution in [0.4, 0.5) is 10.5 Å². The van der Waals surface area contributed by atoms with Crippen molar-refractivity contribution in [1.29, 1.82) is 0 Å². The number of anilines is 1. The molecule has 1 aromatic heterocycles. The molecule has 70 valence electrons. The van der Waals surface area contributed by atoms with Gasteiger partial charge in [-0.05, 0) is 12.1 Å². The lowest BCUT2D eigenvalue weighted by molar-refractivity contribution is 0.131. The molecule has 0 aromatic carbocycles. The van der Waals surface area contributed by atoms with Gasteiger partial charge in [-0.3, -0.25) is 10.3 Å². The number of aliphatic hydroxyl groups is 1. The fourth-order valence-corrected chi connectivity index (χ4v) is 0.728. The molecule has 0 aliphatic heterocycles. The molecule has 0 saturated heterocycles. The molecule has 0 aliphatic rings. The average molecular weight is 182 g/mol. The Morgan fingerprint density at radius 1 is 1.54 bits per heavy atom. The van der Waals surface area contributed by atoms with Gasteiger partial charge in [0.2, 0.25) is 0 Å². The van der Waals surface area contributed by atoms with Crippen LogP contribution in [0.2, 0.25) is 0 Å². The first-order valence-corrected chi connectivity index (χ1v) is 3.77. The van der Waals surface area contributed by atoms with Crippen LogP contribution in [0, 0.1) is 0 Å². The highest BCUT2D eigenvalue weighted by atomic mass is 16.6. The van der Waals surface area contributed by atoms with E-state index in [2.05, 4.69) is 15.0 Å². The van der Waals surface area contributed by atoms with Gasteiger partial charge in [0.25, 0.3) is 0 Å². The van der Waals surface area contributed by atoms with Crippen molar-refractivity contribution in [2.75, 3.05) is 18.5 Å². The summed E-state index contributed by atoms with van der Waals surface area (Å²) in [5.41, 5.74) is 0.609. The number of hydrogen-bond donors (Lipinski definition) is 2. The van der Waals surface area contributed by atoms with E-state index in [0.29, 0.717) is 5.69 Å². The lowest BCUT2D eigenvalue weighted by atomic mass is 10.4. The quantitative estimate of drug-likeness (QED) is 0.718. The third-order valence-corrected chi connectivity index (χ3v) is 1.25. The molecule has 1 heterocycles. The third-order valence-electron chi connectivity index (χ3n) is 1.25. The maximum atomic E-state index is 10.9. The van der Waals surface area contributed by atoms with Gasteiger partial charge in [0, 0.05) is 18.1 Å². The number of aliphatic hydroxyl groups excluding tert-OH is 1. The Morgan fingerprint density at radius 2 is 2.23 bits per heavy atom. The van der Waals surface area contributed by atoms with Crippen LogP contribution in [-0.2, 0) is 4.74 Å². The van der Waals surface area contributed by atoms with Crippen LogP contribution >= 0.6 is 0 Å². The van der Waals surface area contributed by atoms with Crippen LogP contribution in [-0.4, -0.2) is 29.4 Å². The van der Waals surface area contributed by atoms with Crippen molar-refractivity contribution < 1.29 is 14.6 Å². The Hall–Kier alpha value is -1.62. The molecule has 0 spiro atoms. The van der Waals surface area contributed by atoms with Gasteiger partial charge in [0.1, 0.15) is 6.61 Å². The van der Waals surface area contributed by atoms with E-state index in [-0.39, 0.29) is 13.2 Å². The van der Waals surface area contributed by atoms with Gasteiger partial charge in [-0.25, -0.2) is 4.79 Å². The van der Waals surface area contributed by atoms with Gasteiger partial charge < -0.3 is 9.84 Å². The first kappa shape index (κ1) is 9.47. The number of carbonyl (C=O) groups excluding carboxylic acids is 1. The Labute approximate surface area is 75.4 Å². The number of hydrogen-bond acceptors (Lipinski definition) is 4. The molecule has 13 heavy (non-hydrogen) atoms. The van der Waals surface area contributed by atoms with Crippen LogP contribution in [0.25, 0.3) is 0 Å². The number of ether oxygens (including phenoxy) is 1. The summed E-state index contributed by atoms with van der Waals surface area (Å²) in [4.78, 5) is 14.7. The largest absolute Gasteiger partial charge is 0.447 e. The Kier molecular flexibility index (Phi) is 3.72. The third kappa shape index (κ3) is 3.53. The number of carbonyl (C=O) groups is 1. The van der Waals surface area contributed by atoms with E-state index in [4.69, 9.17) is 5.11 Å². The van der Waals surface area contributed by atoms with Gasteiger partial charge >= 0.3 is 6.09 Å². The van der Waals surface area contributed by atoms with Gasteiger partial charge in [0.15, 0.2) is 0 Å². The average Bonchev–Trinajstić information content (AvgIpc) is 2.16. The van der Waals surface area contributed by atoms with Crippen LogP contribution in [0.15, 0.2) is 24.5 Å². The van der Waals surface area contributed by atoms with Crippen molar-refractivity contribution in [3.63, 3.8) is 0 Å². The van der Waals surface area contributed by atoms with E-state index < -0.39 is 6.09 Å². The minimum absolute atomic E-state index is 0.00306. The van der Waals surface area contributed by atoms with Crippen LogP contribution in [0.3, 0.4) is 0 Å². The number of pyridine rings is 1. The minimum Gasteiger partial charge on any atom is -0.447 e. The molecule has 0 saturated carbocycles. The summed E-state index contributed by atoms with van der Waals surface area (Å²) >= 11 is 0. The first-order valence-electron chi connectivity index (χ1n) is 3.77. The number of nitrogens with one attached hydrogen (secondary N) is 1. The number of aromatic nitrogens is 1. The van der Waals surface area contributed by atoms with Gasteiger partial charge in [-0.15, -0.1) is 0 Å². The molecular formula is C8H10N2O3. The maximum absolute atomic E-state index is 10.9. The zero-order valence-electron chi connectivity index (χ0n) is 6.93. The molecule has 1 aromatic rings. The van der Waals surface area contributed by atoms with Crippen molar-refractivity contribution in [3.05, 3.63) is 24.5 Å². The maximum Gasteiger partial charge on any atom is 0.411 e. The van der Waals surface area contributed by atoms with Crippen LogP contribution < -0.4 is 5.32 Å².